The first-order valence-electron chi connectivity index (χ1n) is 7.25. The molecule has 0 bridgehead atoms. The van der Waals surface area contributed by atoms with E-state index in [1.807, 2.05) is 12.1 Å². The second kappa shape index (κ2) is 5.02. The lowest BCUT2D eigenvalue weighted by Gasteiger charge is -2.28. The van der Waals surface area contributed by atoms with Crippen LogP contribution in [0.1, 0.15) is 47.8 Å². The van der Waals surface area contributed by atoms with Crippen LogP contribution in [-0.2, 0) is 6.42 Å². The van der Waals surface area contributed by atoms with E-state index in [1.165, 1.54) is 0 Å². The monoisotopic (exact) mass is 285 g/mol. The average molecular weight is 285 g/mol. The van der Waals surface area contributed by atoms with Crippen LogP contribution in [0.5, 0.6) is 5.75 Å². The maximum absolute atomic E-state index is 11.8. The van der Waals surface area contributed by atoms with Crippen molar-refractivity contribution in [3.8, 4) is 5.75 Å². The highest BCUT2D eigenvalue weighted by Gasteiger charge is 2.29. The summed E-state index contributed by atoms with van der Waals surface area (Å²) in [6.07, 6.45) is 1.84. The Balaban J connectivity index is 2.36. The van der Waals surface area contributed by atoms with Crippen molar-refractivity contribution in [2.45, 2.75) is 32.6 Å². The van der Waals surface area contributed by atoms with E-state index in [2.05, 4.69) is 13.8 Å². The molecule has 1 aliphatic rings. The lowest BCUT2D eigenvalue weighted by atomic mass is 9.79. The number of aromatic nitrogens is 1. The summed E-state index contributed by atoms with van der Waals surface area (Å²) in [4.78, 5) is 16.6. The predicted octanol–water partition coefficient (Wildman–Crippen LogP) is 3.63. The van der Waals surface area contributed by atoms with Crippen LogP contribution >= 0.6 is 0 Å². The van der Waals surface area contributed by atoms with E-state index >= 15 is 0 Å². The zero-order valence-electron chi connectivity index (χ0n) is 12.5. The van der Waals surface area contributed by atoms with Gasteiger partial charge in [0.2, 0.25) is 0 Å². The molecule has 0 spiro atoms. The topological polar surface area (TPSA) is 59.4 Å². The number of aromatic carboxylic acids is 1. The largest absolute Gasteiger partial charge is 0.497 e. The van der Waals surface area contributed by atoms with Gasteiger partial charge >= 0.3 is 5.97 Å². The zero-order chi connectivity index (χ0) is 15.1. The van der Waals surface area contributed by atoms with Crippen LogP contribution in [0.2, 0.25) is 0 Å². The number of fused-ring (bicyclic) bond motifs is 2. The highest BCUT2D eigenvalue weighted by atomic mass is 16.5. The molecule has 4 heteroatoms. The van der Waals surface area contributed by atoms with Crippen molar-refractivity contribution in [2.75, 3.05) is 7.11 Å². The fraction of sp³-hybridized carbons (Fsp3) is 0.412. The van der Waals surface area contributed by atoms with Gasteiger partial charge in [-0.2, -0.15) is 0 Å². The van der Waals surface area contributed by atoms with Gasteiger partial charge in [0.1, 0.15) is 5.75 Å². The number of hydrogen-bond acceptors (Lipinski definition) is 3. The van der Waals surface area contributed by atoms with Gasteiger partial charge in [-0.3, -0.25) is 4.98 Å². The van der Waals surface area contributed by atoms with Gasteiger partial charge in [-0.05, 0) is 48.4 Å². The first kappa shape index (κ1) is 13.9. The minimum absolute atomic E-state index is 0.299. The van der Waals surface area contributed by atoms with E-state index in [0.717, 1.165) is 29.6 Å². The van der Waals surface area contributed by atoms with Gasteiger partial charge in [0.15, 0.2) is 0 Å². The third-order valence-corrected chi connectivity index (χ3v) is 4.31. The molecule has 0 saturated heterocycles. The van der Waals surface area contributed by atoms with E-state index in [-0.39, 0.29) is 0 Å². The van der Waals surface area contributed by atoms with Gasteiger partial charge in [-0.25, -0.2) is 4.79 Å². The second-order valence-electron chi connectivity index (χ2n) is 5.98. The van der Waals surface area contributed by atoms with Crippen LogP contribution in [0.25, 0.3) is 10.9 Å². The summed E-state index contributed by atoms with van der Waals surface area (Å²) in [5, 5.41) is 10.4. The highest BCUT2D eigenvalue weighted by molar-refractivity contribution is 6.04. The molecule has 0 saturated carbocycles. The van der Waals surface area contributed by atoms with Crippen molar-refractivity contribution in [1.29, 1.82) is 0 Å². The lowest BCUT2D eigenvalue weighted by Crippen LogP contribution is -2.20. The lowest BCUT2D eigenvalue weighted by molar-refractivity contribution is 0.0697. The van der Waals surface area contributed by atoms with Crippen LogP contribution in [0.15, 0.2) is 18.2 Å². The molecule has 4 nitrogen and oxygen atoms in total. The maximum atomic E-state index is 11.8. The Labute approximate surface area is 123 Å². The van der Waals surface area contributed by atoms with Crippen molar-refractivity contribution < 1.29 is 14.6 Å². The molecule has 2 aromatic rings. The number of carbonyl (C=O) groups is 1. The summed E-state index contributed by atoms with van der Waals surface area (Å²) in [7, 11) is 1.58. The molecule has 21 heavy (non-hydrogen) atoms. The standard InChI is InChI=1S/C17H19NO3/c1-9-6-10(2)16-13(7-9)15(17(19)20)12-8-11(21-3)4-5-14(12)18-16/h4-5,8-10H,6-7H2,1-3H3,(H,19,20). The molecule has 1 aliphatic carbocycles. The van der Waals surface area contributed by atoms with E-state index in [4.69, 9.17) is 9.72 Å². The fourth-order valence-electron chi connectivity index (χ4n) is 3.43. The van der Waals surface area contributed by atoms with Crippen molar-refractivity contribution in [2.24, 2.45) is 5.92 Å². The van der Waals surface area contributed by atoms with Gasteiger partial charge in [-0.1, -0.05) is 13.8 Å². The van der Waals surface area contributed by atoms with Crippen LogP contribution in [-0.4, -0.2) is 23.2 Å². The molecule has 0 aliphatic heterocycles. The molecular formula is C17H19NO3. The molecule has 110 valence electrons. The normalized spacial score (nSPS) is 21.1. The number of pyridine rings is 1. The van der Waals surface area contributed by atoms with Crippen molar-refractivity contribution in [3.05, 3.63) is 35.0 Å². The minimum Gasteiger partial charge on any atom is -0.497 e. The zero-order valence-corrected chi connectivity index (χ0v) is 12.5. The van der Waals surface area contributed by atoms with Crippen molar-refractivity contribution in [1.82, 2.24) is 4.98 Å². The number of hydrogen-bond donors (Lipinski definition) is 1. The quantitative estimate of drug-likeness (QED) is 0.915. The summed E-state index contributed by atoms with van der Waals surface area (Å²) in [6, 6.07) is 5.44. The Hall–Kier alpha value is -2.10. The molecule has 2 atom stereocenters. The minimum atomic E-state index is -0.881. The number of nitrogens with zero attached hydrogens (tertiary/aromatic N) is 1. The van der Waals surface area contributed by atoms with Crippen LogP contribution in [0.4, 0.5) is 0 Å². The van der Waals surface area contributed by atoms with Gasteiger partial charge < -0.3 is 9.84 Å². The Morgan fingerprint density at radius 1 is 1.38 bits per heavy atom. The molecule has 2 unspecified atom stereocenters. The fourth-order valence-corrected chi connectivity index (χ4v) is 3.43. The van der Waals surface area contributed by atoms with Crippen LogP contribution in [0, 0.1) is 5.92 Å². The Morgan fingerprint density at radius 3 is 2.81 bits per heavy atom. The van der Waals surface area contributed by atoms with Crippen LogP contribution in [0.3, 0.4) is 0 Å². The first-order valence-corrected chi connectivity index (χ1v) is 7.25. The summed E-state index contributed by atoms with van der Waals surface area (Å²) < 4.78 is 5.22. The Morgan fingerprint density at radius 2 is 2.14 bits per heavy atom. The van der Waals surface area contributed by atoms with Gasteiger partial charge in [0.25, 0.3) is 0 Å². The number of rotatable bonds is 2. The summed E-state index contributed by atoms with van der Waals surface area (Å²) in [6.45, 7) is 4.29. The predicted molar refractivity (Wildman–Crippen MR) is 81.2 cm³/mol. The Kier molecular flexibility index (Phi) is 3.32. The molecular weight excluding hydrogens is 266 g/mol. The summed E-state index contributed by atoms with van der Waals surface area (Å²) in [5.74, 6) is 0.556. The van der Waals surface area contributed by atoms with Gasteiger partial charge in [0.05, 0.1) is 18.2 Å². The number of carboxylic acids is 1. The summed E-state index contributed by atoms with van der Waals surface area (Å²) in [5.41, 5.74) is 2.97. The number of carboxylic acid groups (broad SMARTS) is 1. The van der Waals surface area contributed by atoms with Crippen molar-refractivity contribution >= 4 is 16.9 Å². The maximum Gasteiger partial charge on any atom is 0.336 e. The molecule has 0 fully saturated rings. The SMILES string of the molecule is COc1ccc2nc3c(c(C(=O)O)c2c1)CC(C)CC3C. The molecule has 1 aromatic carbocycles. The van der Waals surface area contributed by atoms with E-state index in [9.17, 15) is 9.90 Å². The molecule has 0 radical (unpaired) electrons. The van der Waals surface area contributed by atoms with Gasteiger partial charge in [-0.15, -0.1) is 0 Å². The molecule has 1 aromatic heterocycles. The molecule has 1 heterocycles. The van der Waals surface area contributed by atoms with Crippen molar-refractivity contribution in [3.63, 3.8) is 0 Å². The molecule has 0 amide bonds. The Bertz CT molecular complexity index is 724. The number of methoxy groups -OCH3 is 1. The number of ether oxygens (including phenoxy) is 1. The van der Waals surface area contributed by atoms with E-state index in [1.54, 1.807) is 13.2 Å². The average Bonchev–Trinajstić information content (AvgIpc) is 2.44. The van der Waals surface area contributed by atoms with Gasteiger partial charge in [0, 0.05) is 11.1 Å². The molecule has 3 rings (SSSR count). The van der Waals surface area contributed by atoms with Crippen LogP contribution < -0.4 is 4.74 Å². The second-order valence-corrected chi connectivity index (χ2v) is 5.98. The smallest absolute Gasteiger partial charge is 0.336 e. The highest BCUT2D eigenvalue weighted by Crippen LogP contribution is 2.38. The molecule has 1 N–H and O–H groups in total. The number of benzene rings is 1. The third kappa shape index (κ3) is 2.24. The third-order valence-electron chi connectivity index (χ3n) is 4.31. The summed E-state index contributed by atoms with van der Waals surface area (Å²) >= 11 is 0. The van der Waals surface area contributed by atoms with E-state index in [0.29, 0.717) is 28.5 Å². The first-order chi connectivity index (χ1) is 10.0. The van der Waals surface area contributed by atoms with E-state index < -0.39 is 5.97 Å².